The van der Waals surface area contributed by atoms with E-state index in [1.807, 2.05) is 25.2 Å². The lowest BCUT2D eigenvalue weighted by molar-refractivity contribution is -0.137. The van der Waals surface area contributed by atoms with Crippen LogP contribution in [0.1, 0.15) is 32.1 Å². The summed E-state index contributed by atoms with van der Waals surface area (Å²) in [6.07, 6.45) is -0.350. The second-order valence-electron chi connectivity index (χ2n) is 8.22. The van der Waals surface area contributed by atoms with E-state index in [1.165, 1.54) is 13.2 Å². The number of aromatic amines is 1. The Morgan fingerprint density at radius 3 is 2.80 bits per heavy atom. The summed E-state index contributed by atoms with van der Waals surface area (Å²) >= 11 is 6.53. The van der Waals surface area contributed by atoms with E-state index in [9.17, 15) is 18.0 Å². The van der Waals surface area contributed by atoms with Crippen molar-refractivity contribution in [2.45, 2.75) is 38.6 Å². The van der Waals surface area contributed by atoms with Crippen LogP contribution in [0.3, 0.4) is 0 Å². The Labute approximate surface area is 203 Å². The second kappa shape index (κ2) is 9.70. The molecule has 35 heavy (non-hydrogen) atoms. The number of fused-ring (bicyclic) bond motifs is 1. The van der Waals surface area contributed by atoms with Gasteiger partial charge in [-0.3, -0.25) is 9.89 Å². The number of carbonyl (C=O) groups is 1. The van der Waals surface area contributed by atoms with E-state index >= 15 is 0 Å². The fraction of sp³-hybridized carbons (Fsp3) is 0.364. The molecular formula is C22H23ClF3N7O2. The molecule has 0 spiro atoms. The highest BCUT2D eigenvalue weighted by atomic mass is 35.5. The molecule has 2 heterocycles. The zero-order valence-corrected chi connectivity index (χ0v) is 19.8. The van der Waals surface area contributed by atoms with Gasteiger partial charge < -0.3 is 15.4 Å². The van der Waals surface area contributed by atoms with Crippen molar-refractivity contribution in [3.8, 4) is 0 Å². The molecule has 4 rings (SSSR count). The molecular weight excluding hydrogens is 487 g/mol. The maximum Gasteiger partial charge on any atom is 0.405 e. The Hall–Kier alpha value is -3.38. The van der Waals surface area contributed by atoms with Crippen molar-refractivity contribution >= 4 is 45.6 Å². The van der Waals surface area contributed by atoms with Gasteiger partial charge in [-0.15, -0.1) is 5.10 Å². The van der Waals surface area contributed by atoms with Crippen molar-refractivity contribution in [2.24, 2.45) is 0 Å². The van der Waals surface area contributed by atoms with Gasteiger partial charge in [-0.25, -0.2) is 4.68 Å². The lowest BCUT2D eigenvalue weighted by atomic mass is 9.94. The Bertz CT molecular complexity index is 1310. The normalized spacial score (nSPS) is 16.4. The number of nitrogens with zero attached hydrogens (tertiary/aromatic N) is 4. The number of anilines is 2. The van der Waals surface area contributed by atoms with Crippen LogP contribution in [0.4, 0.5) is 24.8 Å². The van der Waals surface area contributed by atoms with E-state index in [2.05, 4.69) is 25.6 Å². The summed E-state index contributed by atoms with van der Waals surface area (Å²) in [4.78, 5) is 16.9. The first-order valence-corrected chi connectivity index (χ1v) is 11.1. The Morgan fingerprint density at radius 1 is 1.34 bits per heavy atom. The molecule has 1 aliphatic rings. The highest BCUT2D eigenvalue weighted by molar-refractivity contribution is 6.38. The van der Waals surface area contributed by atoms with Gasteiger partial charge in [0, 0.05) is 30.1 Å². The first-order valence-electron chi connectivity index (χ1n) is 10.7. The third-order valence-electron chi connectivity index (χ3n) is 5.42. The molecule has 2 aromatic heterocycles. The topological polar surface area (TPSA) is 110 Å². The lowest BCUT2D eigenvalue weighted by Crippen LogP contribution is -2.38. The van der Waals surface area contributed by atoms with E-state index in [0.29, 0.717) is 28.1 Å². The van der Waals surface area contributed by atoms with Gasteiger partial charge in [-0.1, -0.05) is 23.8 Å². The van der Waals surface area contributed by atoms with Crippen molar-refractivity contribution < 1.29 is 22.7 Å². The van der Waals surface area contributed by atoms with Gasteiger partial charge >= 0.3 is 6.18 Å². The average molecular weight is 510 g/mol. The van der Waals surface area contributed by atoms with E-state index in [-0.39, 0.29) is 18.0 Å². The molecule has 1 unspecified atom stereocenters. The minimum Gasteiger partial charge on any atom is -0.376 e. The van der Waals surface area contributed by atoms with Crippen LogP contribution in [0.2, 0.25) is 5.02 Å². The summed E-state index contributed by atoms with van der Waals surface area (Å²) in [5, 5.41) is 17.8. The summed E-state index contributed by atoms with van der Waals surface area (Å²) in [5.74, 6) is 0.0128. The number of benzene rings is 1. The zero-order chi connectivity index (χ0) is 25.3. The van der Waals surface area contributed by atoms with Crippen LogP contribution in [0, 0.1) is 0 Å². The summed E-state index contributed by atoms with van der Waals surface area (Å²) in [7, 11) is 1.39. The number of alkyl halides is 3. The van der Waals surface area contributed by atoms with Gasteiger partial charge in [0.15, 0.2) is 5.82 Å². The molecule has 0 saturated heterocycles. The standard InChI is InChI=1S/C22H23ClF3N7O2/c1-11(2)33-21(29-16-7-6-15-14(18(16)23)9-28-31-15)30-19(32-33)12-4-5-13(17(8-12)35-3)20(34)27-10-22(24,25)26/h4-7,9,11,17H,8,10H2,1-3H3,(H,27,34)(H,28,31)(H,29,30,32). The molecule has 3 N–H and O–H groups in total. The molecule has 0 aliphatic heterocycles. The number of rotatable bonds is 7. The summed E-state index contributed by atoms with van der Waals surface area (Å²) < 4.78 is 44.5. The van der Waals surface area contributed by atoms with Crippen molar-refractivity contribution in [2.75, 3.05) is 19.0 Å². The summed E-state index contributed by atoms with van der Waals surface area (Å²) in [6.45, 7) is 2.47. The number of H-pyrrole nitrogens is 1. The average Bonchev–Trinajstić information content (AvgIpc) is 3.46. The fourth-order valence-electron chi connectivity index (χ4n) is 3.66. The number of amides is 1. The van der Waals surface area contributed by atoms with Crippen LogP contribution in [0.15, 0.2) is 36.1 Å². The van der Waals surface area contributed by atoms with Gasteiger partial charge in [0.1, 0.15) is 6.54 Å². The molecule has 0 radical (unpaired) electrons. The number of methoxy groups -OCH3 is 1. The highest BCUT2D eigenvalue weighted by Gasteiger charge is 2.31. The first-order chi connectivity index (χ1) is 16.6. The highest BCUT2D eigenvalue weighted by Crippen LogP contribution is 2.33. The Morgan fingerprint density at radius 2 is 2.11 bits per heavy atom. The molecule has 9 nitrogen and oxygen atoms in total. The van der Waals surface area contributed by atoms with Crippen LogP contribution >= 0.6 is 11.6 Å². The van der Waals surface area contributed by atoms with Gasteiger partial charge in [-0.05, 0) is 26.0 Å². The minimum atomic E-state index is -4.50. The van der Waals surface area contributed by atoms with Gasteiger partial charge in [0.05, 0.1) is 34.6 Å². The van der Waals surface area contributed by atoms with Crippen LogP contribution in [0.5, 0.6) is 0 Å². The van der Waals surface area contributed by atoms with Gasteiger partial charge in [-0.2, -0.15) is 23.3 Å². The summed E-state index contributed by atoms with van der Waals surface area (Å²) in [6, 6.07) is 3.60. The van der Waals surface area contributed by atoms with Crippen molar-refractivity contribution in [3.05, 3.63) is 46.9 Å². The molecule has 0 bridgehead atoms. The third-order valence-corrected chi connectivity index (χ3v) is 5.83. The fourth-order valence-corrected chi connectivity index (χ4v) is 3.92. The van der Waals surface area contributed by atoms with E-state index in [4.69, 9.17) is 16.3 Å². The molecule has 0 saturated carbocycles. The van der Waals surface area contributed by atoms with E-state index in [0.717, 1.165) is 10.9 Å². The molecule has 1 aliphatic carbocycles. The number of hydrogen-bond acceptors (Lipinski definition) is 6. The quantitative estimate of drug-likeness (QED) is 0.431. The number of carbonyl (C=O) groups excluding carboxylic acids is 1. The SMILES string of the molecule is COC1CC(c2nc(Nc3ccc4[nH]ncc4c3Cl)n(C(C)C)n2)=CC=C1C(=O)NCC(F)(F)F. The number of allylic oxidation sites excluding steroid dienone is 2. The van der Waals surface area contributed by atoms with Crippen LogP contribution in [-0.4, -0.2) is 56.8 Å². The number of ether oxygens (including phenoxy) is 1. The molecule has 13 heteroatoms. The smallest absolute Gasteiger partial charge is 0.376 e. The Kier molecular flexibility index (Phi) is 6.86. The van der Waals surface area contributed by atoms with Crippen molar-refractivity contribution in [1.29, 1.82) is 0 Å². The molecule has 1 aromatic carbocycles. The number of nitrogens with one attached hydrogen (secondary N) is 3. The monoisotopic (exact) mass is 509 g/mol. The molecule has 1 atom stereocenters. The molecule has 186 valence electrons. The number of hydrogen-bond donors (Lipinski definition) is 3. The second-order valence-corrected chi connectivity index (χ2v) is 8.60. The number of halogens is 4. The maximum atomic E-state index is 12.5. The van der Waals surface area contributed by atoms with Crippen LogP contribution in [-0.2, 0) is 9.53 Å². The summed E-state index contributed by atoms with van der Waals surface area (Å²) in [5.41, 5.74) is 2.19. The largest absolute Gasteiger partial charge is 0.405 e. The third kappa shape index (κ3) is 5.33. The van der Waals surface area contributed by atoms with Gasteiger partial charge in [0.2, 0.25) is 11.9 Å². The Balaban J connectivity index is 1.62. The first kappa shape index (κ1) is 24.7. The molecule has 0 fully saturated rings. The minimum absolute atomic E-state index is 0.0446. The van der Waals surface area contributed by atoms with Gasteiger partial charge in [0.25, 0.3) is 0 Å². The van der Waals surface area contributed by atoms with Crippen molar-refractivity contribution in [1.82, 2.24) is 30.3 Å². The van der Waals surface area contributed by atoms with Crippen LogP contribution < -0.4 is 10.6 Å². The van der Waals surface area contributed by atoms with E-state index in [1.54, 1.807) is 23.0 Å². The molecule has 1 amide bonds. The van der Waals surface area contributed by atoms with Crippen LogP contribution in [0.25, 0.3) is 16.5 Å². The predicted octanol–water partition coefficient (Wildman–Crippen LogP) is 4.54. The lowest BCUT2D eigenvalue weighted by Gasteiger charge is -2.22. The molecule has 3 aromatic rings. The predicted molar refractivity (Wildman–Crippen MR) is 125 cm³/mol. The maximum absolute atomic E-state index is 12.5. The van der Waals surface area contributed by atoms with Crippen molar-refractivity contribution in [3.63, 3.8) is 0 Å². The number of aromatic nitrogens is 5. The van der Waals surface area contributed by atoms with E-state index < -0.39 is 24.7 Å². The zero-order valence-electron chi connectivity index (χ0n) is 19.1.